The second kappa shape index (κ2) is 8.53. The summed E-state index contributed by atoms with van der Waals surface area (Å²) in [7, 11) is 0. The van der Waals surface area contributed by atoms with Gasteiger partial charge in [-0.25, -0.2) is 18.2 Å². The van der Waals surface area contributed by atoms with E-state index in [4.69, 9.17) is 11.0 Å². The van der Waals surface area contributed by atoms with Crippen LogP contribution in [0.5, 0.6) is 0 Å². The van der Waals surface area contributed by atoms with Crippen molar-refractivity contribution in [2.45, 2.75) is 12.5 Å². The number of anilines is 2. The number of amides is 1. The lowest BCUT2D eigenvalue weighted by Crippen LogP contribution is -2.65. The van der Waals surface area contributed by atoms with E-state index >= 15 is 0 Å². The molecular weight excluding hydrogens is 413 g/mol. The fourth-order valence-electron chi connectivity index (χ4n) is 3.11. The molecule has 0 aliphatic carbocycles. The van der Waals surface area contributed by atoms with Crippen molar-refractivity contribution in [1.29, 1.82) is 5.26 Å². The highest BCUT2D eigenvalue weighted by Crippen LogP contribution is 2.31. The second-order valence-corrected chi connectivity index (χ2v) is 7.22. The predicted octanol–water partition coefficient (Wildman–Crippen LogP) is 1.73. The van der Waals surface area contributed by atoms with Gasteiger partial charge in [-0.3, -0.25) is 10.1 Å². The molecule has 162 valence electrons. The molecule has 1 fully saturated rings. The molecule has 2 aromatic carbocycles. The molecule has 0 radical (unpaired) electrons. The monoisotopic (exact) mass is 432 g/mol. The Hall–Kier alpha value is -3.78. The number of nitrogens with zero attached hydrogens (tertiary/aromatic N) is 3. The summed E-state index contributed by atoms with van der Waals surface area (Å²) >= 11 is 0. The molecule has 2 aromatic rings. The van der Waals surface area contributed by atoms with Crippen molar-refractivity contribution in [3.63, 3.8) is 0 Å². The summed E-state index contributed by atoms with van der Waals surface area (Å²) in [5.41, 5.74) is 3.80. The van der Waals surface area contributed by atoms with Crippen LogP contribution in [0.15, 0.2) is 35.3 Å². The number of halogens is 3. The summed E-state index contributed by atoms with van der Waals surface area (Å²) in [5, 5.41) is 23.4. The van der Waals surface area contributed by atoms with Gasteiger partial charge >= 0.3 is 0 Å². The molecule has 0 atom stereocenters. The van der Waals surface area contributed by atoms with Crippen LogP contribution in [0.3, 0.4) is 0 Å². The number of hydrogen-bond acceptors (Lipinski definition) is 5. The van der Waals surface area contributed by atoms with Gasteiger partial charge in [0, 0.05) is 0 Å². The Morgan fingerprint density at radius 2 is 2.00 bits per heavy atom. The normalized spacial score (nSPS) is 15.1. The standard InChI is InChI=1S/C20H19F3N6O2/c1-11-2-5-15(14(22)6-11)28-17-12(3-4-13(21)16(17)23)18(30)29-8-20(31,9-29)7-26-19(25)27-10-24/h2-6,28,31H,7-9H2,1H3,(H3,25,26,27). The fraction of sp³-hybridized carbons (Fsp3) is 0.250. The van der Waals surface area contributed by atoms with Crippen molar-refractivity contribution in [2.75, 3.05) is 25.0 Å². The second-order valence-electron chi connectivity index (χ2n) is 7.22. The van der Waals surface area contributed by atoms with Gasteiger partial charge in [0.2, 0.25) is 5.96 Å². The van der Waals surface area contributed by atoms with Gasteiger partial charge < -0.3 is 21.1 Å². The quantitative estimate of drug-likeness (QED) is 0.247. The third-order valence-electron chi connectivity index (χ3n) is 4.69. The Bertz CT molecular complexity index is 1090. The molecule has 31 heavy (non-hydrogen) atoms. The van der Waals surface area contributed by atoms with E-state index in [2.05, 4.69) is 15.6 Å². The number of aliphatic hydroxyl groups is 1. The van der Waals surface area contributed by atoms with Gasteiger partial charge in [0.15, 0.2) is 17.8 Å². The van der Waals surface area contributed by atoms with Crippen molar-refractivity contribution < 1.29 is 23.1 Å². The largest absolute Gasteiger partial charge is 0.384 e. The van der Waals surface area contributed by atoms with E-state index in [1.54, 1.807) is 19.2 Å². The summed E-state index contributed by atoms with van der Waals surface area (Å²) < 4.78 is 42.5. The fourth-order valence-corrected chi connectivity index (χ4v) is 3.11. The first kappa shape index (κ1) is 21.9. The molecule has 1 saturated heterocycles. The van der Waals surface area contributed by atoms with E-state index in [-0.39, 0.29) is 36.8 Å². The Balaban J connectivity index is 1.80. The maximum absolute atomic E-state index is 14.5. The van der Waals surface area contributed by atoms with Crippen LogP contribution in [-0.4, -0.2) is 47.1 Å². The number of carbonyl (C=O) groups excluding carboxylic acids is 1. The van der Waals surface area contributed by atoms with Crippen LogP contribution in [0.2, 0.25) is 0 Å². The van der Waals surface area contributed by atoms with Gasteiger partial charge in [-0.2, -0.15) is 5.26 Å². The van der Waals surface area contributed by atoms with E-state index < -0.39 is 34.6 Å². The maximum atomic E-state index is 14.5. The van der Waals surface area contributed by atoms with Gasteiger partial charge in [-0.15, -0.1) is 0 Å². The molecule has 3 rings (SSSR count). The van der Waals surface area contributed by atoms with Crippen LogP contribution >= 0.6 is 0 Å². The van der Waals surface area contributed by atoms with E-state index in [0.717, 1.165) is 12.1 Å². The molecule has 0 unspecified atom stereocenters. The number of carbonyl (C=O) groups is 1. The summed E-state index contributed by atoms with van der Waals surface area (Å²) in [6.07, 6.45) is 1.58. The van der Waals surface area contributed by atoms with E-state index in [0.29, 0.717) is 5.56 Å². The van der Waals surface area contributed by atoms with Crippen LogP contribution in [0.4, 0.5) is 24.5 Å². The van der Waals surface area contributed by atoms with Crippen molar-refractivity contribution in [3.05, 3.63) is 58.9 Å². The van der Waals surface area contributed by atoms with Crippen LogP contribution in [-0.2, 0) is 0 Å². The Kier molecular flexibility index (Phi) is 6.03. The topological polar surface area (TPSA) is 127 Å². The molecule has 0 aromatic heterocycles. The average molecular weight is 432 g/mol. The number of aryl methyl sites for hydroxylation is 1. The van der Waals surface area contributed by atoms with Gasteiger partial charge in [0.1, 0.15) is 11.4 Å². The van der Waals surface area contributed by atoms with Crippen molar-refractivity contribution in [2.24, 2.45) is 10.7 Å². The van der Waals surface area contributed by atoms with Crippen molar-refractivity contribution in [1.82, 2.24) is 10.2 Å². The summed E-state index contributed by atoms with van der Waals surface area (Å²) in [5.74, 6) is -4.11. The first-order valence-corrected chi connectivity index (χ1v) is 9.11. The van der Waals surface area contributed by atoms with E-state index in [1.165, 1.54) is 17.0 Å². The lowest BCUT2D eigenvalue weighted by molar-refractivity contribution is -0.0731. The molecule has 8 nitrogen and oxygen atoms in total. The maximum Gasteiger partial charge on any atom is 0.256 e. The smallest absolute Gasteiger partial charge is 0.256 e. The van der Waals surface area contributed by atoms with E-state index in [1.807, 2.05) is 0 Å². The summed E-state index contributed by atoms with van der Waals surface area (Å²) in [6, 6.07) is 6.02. The number of rotatable bonds is 5. The SMILES string of the molecule is Cc1ccc(Nc2c(C(=O)N3CC(O)(CN=C(N)NC#N)C3)ccc(F)c2F)c(F)c1. The number of aliphatic imine (C=N–C) groups is 1. The van der Waals surface area contributed by atoms with Gasteiger partial charge in [0.05, 0.1) is 36.6 Å². The molecule has 0 spiro atoms. The van der Waals surface area contributed by atoms with Gasteiger partial charge in [-0.1, -0.05) is 6.07 Å². The van der Waals surface area contributed by atoms with Crippen LogP contribution in [0, 0.1) is 35.8 Å². The van der Waals surface area contributed by atoms with Gasteiger partial charge in [-0.05, 0) is 36.8 Å². The van der Waals surface area contributed by atoms with Crippen molar-refractivity contribution in [3.8, 4) is 6.19 Å². The highest BCUT2D eigenvalue weighted by atomic mass is 19.2. The first-order chi connectivity index (χ1) is 14.6. The number of benzene rings is 2. The highest BCUT2D eigenvalue weighted by Gasteiger charge is 2.44. The number of likely N-dealkylation sites (tertiary alicyclic amines) is 1. The number of nitrogens with two attached hydrogens (primary N) is 1. The molecular formula is C20H19F3N6O2. The average Bonchev–Trinajstić information content (AvgIpc) is 2.69. The molecule has 1 aliphatic rings. The van der Waals surface area contributed by atoms with Crippen LogP contribution in [0.1, 0.15) is 15.9 Å². The lowest BCUT2D eigenvalue weighted by Gasteiger charge is -2.45. The number of nitrogens with one attached hydrogen (secondary N) is 2. The number of nitriles is 1. The molecule has 1 amide bonds. The summed E-state index contributed by atoms with van der Waals surface area (Å²) in [4.78, 5) is 17.8. The number of β-amino-alcohol motifs (C(OH)–C–C–N with tert-alkyl or cyclic N) is 1. The molecule has 11 heteroatoms. The minimum Gasteiger partial charge on any atom is -0.384 e. The zero-order chi connectivity index (χ0) is 22.8. The van der Waals surface area contributed by atoms with Crippen molar-refractivity contribution >= 4 is 23.2 Å². The molecule has 0 saturated carbocycles. The van der Waals surface area contributed by atoms with Crippen LogP contribution in [0.25, 0.3) is 0 Å². The predicted molar refractivity (Wildman–Crippen MR) is 107 cm³/mol. The third kappa shape index (κ3) is 4.70. The van der Waals surface area contributed by atoms with Gasteiger partial charge in [0.25, 0.3) is 5.91 Å². The highest BCUT2D eigenvalue weighted by molar-refractivity contribution is 6.01. The molecule has 0 bridgehead atoms. The number of hydrogen-bond donors (Lipinski definition) is 4. The Morgan fingerprint density at radius 1 is 1.29 bits per heavy atom. The molecule has 1 heterocycles. The van der Waals surface area contributed by atoms with E-state index in [9.17, 15) is 23.1 Å². The minimum atomic E-state index is -1.38. The first-order valence-electron chi connectivity index (χ1n) is 9.11. The Morgan fingerprint density at radius 3 is 2.65 bits per heavy atom. The lowest BCUT2D eigenvalue weighted by atomic mass is 9.93. The zero-order valence-corrected chi connectivity index (χ0v) is 16.4. The summed E-state index contributed by atoms with van der Waals surface area (Å²) in [6.45, 7) is 1.21. The molecule has 1 aliphatic heterocycles. The molecule has 5 N–H and O–H groups in total. The van der Waals surface area contributed by atoms with Crippen LogP contribution < -0.4 is 16.4 Å². The zero-order valence-electron chi connectivity index (χ0n) is 16.4. The Labute approximate surface area is 175 Å². The minimum absolute atomic E-state index is 0.126. The third-order valence-corrected chi connectivity index (χ3v) is 4.69. The number of guanidine groups is 1.